The van der Waals surface area contributed by atoms with E-state index in [1.165, 1.54) is 18.4 Å². The lowest BCUT2D eigenvalue weighted by molar-refractivity contribution is 0.309. The minimum absolute atomic E-state index is 0.0155. The van der Waals surface area contributed by atoms with Crippen LogP contribution in [0.2, 0.25) is 0 Å². The van der Waals surface area contributed by atoms with Gasteiger partial charge in [-0.1, -0.05) is 43.2 Å². The first-order valence-electron chi connectivity index (χ1n) is 6.78. The topological polar surface area (TPSA) is 39.2 Å². The van der Waals surface area contributed by atoms with Crippen LogP contribution in [0.5, 0.6) is 0 Å². The summed E-state index contributed by atoms with van der Waals surface area (Å²) in [5.41, 5.74) is 7.94. The van der Waals surface area contributed by atoms with E-state index in [4.69, 9.17) is 10.2 Å². The van der Waals surface area contributed by atoms with Gasteiger partial charge in [0.1, 0.15) is 5.76 Å². The molecule has 0 aliphatic heterocycles. The Morgan fingerprint density at radius 3 is 2.37 bits per heavy atom. The van der Waals surface area contributed by atoms with Crippen molar-refractivity contribution in [1.82, 2.24) is 0 Å². The van der Waals surface area contributed by atoms with Crippen molar-refractivity contribution in [3.8, 4) is 0 Å². The first-order valence-corrected chi connectivity index (χ1v) is 7.57. The van der Waals surface area contributed by atoms with Crippen LogP contribution in [-0.4, -0.2) is 0 Å². The third-order valence-corrected chi connectivity index (χ3v) is 5.02. The highest BCUT2D eigenvalue weighted by Crippen LogP contribution is 2.49. The Labute approximate surface area is 122 Å². The number of hydrogen-bond donors (Lipinski definition) is 1. The maximum atomic E-state index is 6.59. The molecule has 0 radical (unpaired) electrons. The summed E-state index contributed by atoms with van der Waals surface area (Å²) < 4.78 is 6.59. The van der Waals surface area contributed by atoms with Crippen LogP contribution in [0.15, 0.2) is 51.6 Å². The van der Waals surface area contributed by atoms with Crippen molar-refractivity contribution in [3.05, 3.63) is 58.5 Å². The lowest BCUT2D eigenvalue weighted by atomic mass is 9.72. The number of furan rings is 1. The second-order valence-corrected chi connectivity index (χ2v) is 6.19. The molecule has 1 aliphatic carbocycles. The van der Waals surface area contributed by atoms with E-state index in [1.807, 2.05) is 6.07 Å². The van der Waals surface area contributed by atoms with Crippen molar-refractivity contribution in [2.75, 3.05) is 0 Å². The third-order valence-electron chi connectivity index (χ3n) is 4.37. The first-order chi connectivity index (χ1) is 9.24. The van der Waals surface area contributed by atoms with Gasteiger partial charge in [-0.25, -0.2) is 0 Å². The zero-order valence-electron chi connectivity index (χ0n) is 10.8. The van der Waals surface area contributed by atoms with Crippen molar-refractivity contribution in [1.29, 1.82) is 0 Å². The zero-order chi connectivity index (χ0) is 13.3. The molecule has 1 aromatic heterocycles. The highest BCUT2D eigenvalue weighted by atomic mass is 79.9. The first kappa shape index (κ1) is 12.9. The predicted octanol–water partition coefficient (Wildman–Crippen LogP) is 4.55. The van der Waals surface area contributed by atoms with Crippen LogP contribution in [0.3, 0.4) is 0 Å². The van der Waals surface area contributed by atoms with E-state index < -0.39 is 0 Å². The molecule has 0 bridgehead atoms. The third kappa shape index (κ3) is 2.15. The molecule has 3 rings (SSSR count). The molecule has 19 heavy (non-hydrogen) atoms. The molecule has 1 aromatic carbocycles. The van der Waals surface area contributed by atoms with E-state index >= 15 is 0 Å². The maximum absolute atomic E-state index is 6.59. The van der Waals surface area contributed by atoms with Crippen LogP contribution in [-0.2, 0) is 5.41 Å². The molecule has 1 aliphatic rings. The molecule has 0 spiro atoms. The Morgan fingerprint density at radius 2 is 1.79 bits per heavy atom. The molecule has 2 N–H and O–H groups in total. The van der Waals surface area contributed by atoms with Crippen molar-refractivity contribution in [2.45, 2.75) is 37.1 Å². The fourth-order valence-electron chi connectivity index (χ4n) is 3.33. The second-order valence-electron chi connectivity index (χ2n) is 5.34. The summed E-state index contributed by atoms with van der Waals surface area (Å²) in [6.07, 6.45) is 6.44. The Kier molecular flexibility index (Phi) is 3.50. The summed E-state index contributed by atoms with van der Waals surface area (Å²) in [5, 5.41) is 0. The van der Waals surface area contributed by atoms with Crippen molar-refractivity contribution in [2.24, 2.45) is 5.73 Å². The molecule has 1 atom stereocenters. The van der Waals surface area contributed by atoms with Crippen molar-refractivity contribution in [3.63, 3.8) is 0 Å². The second kappa shape index (κ2) is 5.14. The van der Waals surface area contributed by atoms with Gasteiger partial charge in [0.25, 0.3) is 0 Å². The van der Waals surface area contributed by atoms with E-state index in [2.05, 4.69) is 46.3 Å². The van der Waals surface area contributed by atoms with Crippen LogP contribution in [0, 0.1) is 0 Å². The van der Waals surface area contributed by atoms with Crippen molar-refractivity contribution < 1.29 is 4.42 Å². The summed E-state index contributed by atoms with van der Waals surface area (Å²) in [5.74, 6) is 0.866. The van der Waals surface area contributed by atoms with Gasteiger partial charge < -0.3 is 10.2 Å². The predicted molar refractivity (Wildman–Crippen MR) is 79.9 cm³/mol. The van der Waals surface area contributed by atoms with Gasteiger partial charge in [0.15, 0.2) is 0 Å². The number of benzene rings is 1. The average Bonchev–Trinajstić information content (AvgIpc) is 3.08. The fourth-order valence-corrected chi connectivity index (χ4v) is 3.78. The number of halogens is 1. The van der Waals surface area contributed by atoms with Gasteiger partial charge >= 0.3 is 0 Å². The zero-order valence-corrected chi connectivity index (χ0v) is 12.4. The molecule has 0 saturated heterocycles. The van der Waals surface area contributed by atoms with Gasteiger partial charge in [0.2, 0.25) is 0 Å². The highest BCUT2D eigenvalue weighted by molar-refractivity contribution is 9.10. The molecule has 1 heterocycles. The standard InChI is InChI=1S/C16H18BrNO/c17-13-8-11-19-14(13)15(18)16(9-4-5-10-16)12-6-2-1-3-7-12/h1-3,6-8,11,15H,4-5,9-10,18H2. The maximum Gasteiger partial charge on any atom is 0.135 e. The molecule has 2 aromatic rings. The van der Waals surface area contributed by atoms with E-state index in [9.17, 15) is 0 Å². The largest absolute Gasteiger partial charge is 0.466 e. The van der Waals surface area contributed by atoms with E-state index in [0.29, 0.717) is 0 Å². The van der Waals surface area contributed by atoms with E-state index in [1.54, 1.807) is 6.26 Å². The summed E-state index contributed by atoms with van der Waals surface area (Å²) in [4.78, 5) is 0. The Hall–Kier alpha value is -1.06. The van der Waals surface area contributed by atoms with Crippen LogP contribution >= 0.6 is 15.9 Å². The van der Waals surface area contributed by atoms with Gasteiger partial charge in [-0.3, -0.25) is 0 Å². The van der Waals surface area contributed by atoms with E-state index in [0.717, 1.165) is 23.1 Å². The minimum atomic E-state index is -0.0956. The molecule has 100 valence electrons. The molecule has 1 unspecified atom stereocenters. The smallest absolute Gasteiger partial charge is 0.135 e. The molecular weight excluding hydrogens is 302 g/mol. The van der Waals surface area contributed by atoms with Gasteiger partial charge in [-0.05, 0) is 40.4 Å². The Morgan fingerprint density at radius 1 is 1.11 bits per heavy atom. The fraction of sp³-hybridized carbons (Fsp3) is 0.375. The summed E-state index contributed by atoms with van der Waals surface area (Å²) >= 11 is 3.54. The number of hydrogen-bond acceptors (Lipinski definition) is 2. The molecule has 2 nitrogen and oxygen atoms in total. The van der Waals surface area contributed by atoms with Gasteiger partial charge in [-0.2, -0.15) is 0 Å². The Bertz CT molecular complexity index is 543. The van der Waals surface area contributed by atoms with Gasteiger partial charge in [0.05, 0.1) is 16.8 Å². The monoisotopic (exact) mass is 319 g/mol. The minimum Gasteiger partial charge on any atom is -0.466 e. The summed E-state index contributed by atoms with van der Waals surface area (Å²) in [6.45, 7) is 0. The van der Waals surface area contributed by atoms with Gasteiger partial charge in [0, 0.05) is 5.41 Å². The summed E-state index contributed by atoms with van der Waals surface area (Å²) in [6, 6.07) is 12.5. The molecule has 1 fully saturated rings. The lowest BCUT2D eigenvalue weighted by Crippen LogP contribution is -2.36. The molecule has 1 saturated carbocycles. The lowest BCUT2D eigenvalue weighted by Gasteiger charge is -2.35. The van der Waals surface area contributed by atoms with Crippen LogP contribution in [0.25, 0.3) is 0 Å². The van der Waals surface area contributed by atoms with Gasteiger partial charge in [-0.15, -0.1) is 0 Å². The van der Waals surface area contributed by atoms with Crippen LogP contribution < -0.4 is 5.73 Å². The molecule has 3 heteroatoms. The number of nitrogens with two attached hydrogens (primary N) is 1. The average molecular weight is 320 g/mol. The SMILES string of the molecule is NC(c1occc1Br)C1(c2ccccc2)CCCC1. The van der Waals surface area contributed by atoms with Crippen LogP contribution in [0.1, 0.15) is 43.0 Å². The molecule has 0 amide bonds. The van der Waals surface area contributed by atoms with Crippen LogP contribution in [0.4, 0.5) is 0 Å². The Balaban J connectivity index is 2.04. The highest BCUT2D eigenvalue weighted by Gasteiger charge is 2.43. The normalized spacial score (nSPS) is 19.5. The van der Waals surface area contributed by atoms with Crippen molar-refractivity contribution >= 4 is 15.9 Å². The quantitative estimate of drug-likeness (QED) is 0.901. The molecular formula is C16H18BrNO. The van der Waals surface area contributed by atoms with E-state index in [-0.39, 0.29) is 11.5 Å². The summed E-state index contributed by atoms with van der Waals surface area (Å²) in [7, 11) is 0. The number of rotatable bonds is 3.